The van der Waals surface area contributed by atoms with Gasteiger partial charge < -0.3 is 20.1 Å². The third-order valence-electron chi connectivity index (χ3n) is 7.75. The monoisotopic (exact) mass is 614 g/mol. The minimum atomic E-state index is -1.17. The molecule has 3 atom stereocenters. The summed E-state index contributed by atoms with van der Waals surface area (Å²) in [6.45, 7) is 1.27. The van der Waals surface area contributed by atoms with Gasteiger partial charge >= 0.3 is 0 Å². The fourth-order valence-corrected chi connectivity index (χ4v) is 6.84. The van der Waals surface area contributed by atoms with E-state index < -0.39 is 17.4 Å². The molecule has 196 valence electrons. The number of nitrogens with one attached hydrogen (secondary N) is 2. The van der Waals surface area contributed by atoms with Crippen molar-refractivity contribution < 1.29 is 19.1 Å². The summed E-state index contributed by atoms with van der Waals surface area (Å²) in [6.07, 6.45) is 1.64. The second-order valence-electron chi connectivity index (χ2n) is 9.94. The van der Waals surface area contributed by atoms with Gasteiger partial charge in [-0.15, -0.1) is 0 Å². The predicted octanol–water partition coefficient (Wildman–Crippen LogP) is 6.55. The minimum Gasteiger partial charge on any atom is -0.490 e. The fourth-order valence-electron chi connectivity index (χ4n) is 6.10. The summed E-state index contributed by atoms with van der Waals surface area (Å²) in [6, 6.07) is 17.8. The van der Waals surface area contributed by atoms with Gasteiger partial charge in [-0.2, -0.15) is 0 Å². The largest absolute Gasteiger partial charge is 0.490 e. The molecule has 2 fully saturated rings. The molecule has 0 saturated carbocycles. The van der Waals surface area contributed by atoms with Gasteiger partial charge in [0.15, 0.2) is 0 Å². The molecule has 3 aromatic carbocycles. The zero-order valence-corrected chi connectivity index (χ0v) is 23.4. The standard InChI is InChI=1S/C29H25BrCl2N2O4/c30-17-4-7-25(38-20-8-10-37-11-9-20)21(13-17)27-29(22-6-5-19(32)14-24(22)33-28(29)36)23(15-26(35)34-27)16-2-1-3-18(31)12-16/h1-7,12-14,20,23,27H,8-11,15H2,(H,33,36)(H,34,35)/t23-,27+,29?/m0/s1. The molecule has 2 amide bonds. The first-order chi connectivity index (χ1) is 18.4. The number of hydrogen-bond donors (Lipinski definition) is 2. The van der Waals surface area contributed by atoms with Gasteiger partial charge in [-0.3, -0.25) is 9.59 Å². The van der Waals surface area contributed by atoms with Crippen molar-refractivity contribution in [1.82, 2.24) is 5.32 Å². The first-order valence-corrected chi connectivity index (χ1v) is 14.1. The Bertz CT molecular complexity index is 1430. The molecular weight excluding hydrogens is 591 g/mol. The van der Waals surface area contributed by atoms with Gasteiger partial charge in [-0.25, -0.2) is 0 Å². The molecule has 3 aliphatic rings. The highest BCUT2D eigenvalue weighted by molar-refractivity contribution is 9.10. The molecule has 1 spiro atoms. The third kappa shape index (κ3) is 4.39. The Labute approximate surface area is 239 Å². The van der Waals surface area contributed by atoms with Crippen LogP contribution in [0.15, 0.2) is 65.1 Å². The molecule has 0 aromatic heterocycles. The molecule has 2 saturated heterocycles. The Hall–Kier alpha value is -2.58. The number of anilines is 1. The summed E-state index contributed by atoms with van der Waals surface area (Å²) in [7, 11) is 0. The van der Waals surface area contributed by atoms with Crippen molar-refractivity contribution in [3.05, 3.63) is 91.9 Å². The van der Waals surface area contributed by atoms with Crippen molar-refractivity contribution >= 4 is 56.6 Å². The number of hydrogen-bond acceptors (Lipinski definition) is 4. The molecule has 38 heavy (non-hydrogen) atoms. The lowest BCUT2D eigenvalue weighted by Crippen LogP contribution is -2.57. The Balaban J connectivity index is 1.57. The zero-order valence-electron chi connectivity index (χ0n) is 20.3. The van der Waals surface area contributed by atoms with Crippen molar-refractivity contribution in [2.45, 2.75) is 42.7 Å². The average Bonchev–Trinajstić information content (AvgIpc) is 3.18. The molecule has 9 heteroatoms. The zero-order chi connectivity index (χ0) is 26.4. The van der Waals surface area contributed by atoms with Gasteiger partial charge in [-0.1, -0.05) is 57.3 Å². The van der Waals surface area contributed by atoms with Crippen LogP contribution < -0.4 is 15.4 Å². The number of benzene rings is 3. The number of halogens is 3. The highest BCUT2D eigenvalue weighted by Crippen LogP contribution is 2.58. The lowest BCUT2D eigenvalue weighted by Gasteiger charge is -2.46. The molecule has 3 aromatic rings. The smallest absolute Gasteiger partial charge is 0.238 e. The van der Waals surface area contributed by atoms with Crippen LogP contribution in [0.3, 0.4) is 0 Å². The first-order valence-electron chi connectivity index (χ1n) is 12.6. The first kappa shape index (κ1) is 25.7. The predicted molar refractivity (Wildman–Crippen MR) is 150 cm³/mol. The fraction of sp³-hybridized carbons (Fsp3) is 0.310. The van der Waals surface area contributed by atoms with Crippen molar-refractivity contribution in [1.29, 1.82) is 0 Å². The second kappa shape index (κ2) is 10.2. The van der Waals surface area contributed by atoms with Gasteiger partial charge in [0.05, 0.1) is 19.3 Å². The SMILES string of the molecule is O=C1C[C@@H](c2cccc(Cl)c2)C2(C(=O)Nc3cc(Cl)ccc32)[C@@H](c2cc(Br)ccc2OC2CCOCC2)N1. The molecule has 3 heterocycles. The number of carbonyl (C=O) groups excluding carboxylic acids is 2. The Morgan fingerprint density at radius 3 is 2.55 bits per heavy atom. The molecule has 1 unspecified atom stereocenters. The van der Waals surface area contributed by atoms with Crippen molar-refractivity contribution in [2.75, 3.05) is 18.5 Å². The van der Waals surface area contributed by atoms with Gasteiger partial charge in [0.2, 0.25) is 11.8 Å². The highest BCUT2D eigenvalue weighted by atomic mass is 79.9. The average molecular weight is 616 g/mol. The van der Waals surface area contributed by atoms with E-state index in [2.05, 4.69) is 26.6 Å². The molecule has 0 radical (unpaired) electrons. The summed E-state index contributed by atoms with van der Waals surface area (Å²) < 4.78 is 12.8. The van der Waals surface area contributed by atoms with Gasteiger partial charge in [-0.05, 0) is 53.6 Å². The van der Waals surface area contributed by atoms with E-state index in [1.54, 1.807) is 18.2 Å². The number of ether oxygens (including phenoxy) is 2. The topological polar surface area (TPSA) is 76.7 Å². The van der Waals surface area contributed by atoms with Crippen LogP contribution in [0.2, 0.25) is 10.0 Å². The van der Waals surface area contributed by atoms with E-state index in [0.717, 1.165) is 34.0 Å². The lowest BCUT2D eigenvalue weighted by atomic mass is 9.59. The molecule has 6 nitrogen and oxygen atoms in total. The number of rotatable bonds is 4. The van der Waals surface area contributed by atoms with Crippen LogP contribution in [0.25, 0.3) is 0 Å². The maximum atomic E-state index is 14.3. The highest BCUT2D eigenvalue weighted by Gasteiger charge is 2.61. The molecule has 3 aliphatic heterocycles. The maximum Gasteiger partial charge on any atom is 0.238 e. The molecule has 2 N–H and O–H groups in total. The normalized spacial score (nSPS) is 25.1. The van der Waals surface area contributed by atoms with Gasteiger partial charge in [0, 0.05) is 50.9 Å². The Kier molecular flexibility index (Phi) is 6.89. The van der Waals surface area contributed by atoms with Crippen LogP contribution >= 0.6 is 39.1 Å². The van der Waals surface area contributed by atoms with Crippen LogP contribution in [-0.4, -0.2) is 31.1 Å². The number of carbonyl (C=O) groups is 2. The molecule has 6 rings (SSSR count). The summed E-state index contributed by atoms with van der Waals surface area (Å²) in [4.78, 5) is 27.6. The van der Waals surface area contributed by atoms with E-state index in [1.807, 2.05) is 42.5 Å². The second-order valence-corrected chi connectivity index (χ2v) is 11.7. The Morgan fingerprint density at radius 1 is 0.974 bits per heavy atom. The summed E-state index contributed by atoms with van der Waals surface area (Å²) in [5.74, 6) is -0.219. The number of amides is 2. The third-order valence-corrected chi connectivity index (χ3v) is 8.71. The number of piperidine rings is 1. The minimum absolute atomic E-state index is 0.0221. The summed E-state index contributed by atoms with van der Waals surface area (Å²) in [5.41, 5.74) is 1.78. The van der Waals surface area contributed by atoms with Crippen LogP contribution in [-0.2, 0) is 19.7 Å². The lowest BCUT2D eigenvalue weighted by molar-refractivity contribution is -0.131. The van der Waals surface area contributed by atoms with Crippen molar-refractivity contribution in [3.63, 3.8) is 0 Å². The van der Waals surface area contributed by atoms with E-state index in [0.29, 0.717) is 34.7 Å². The van der Waals surface area contributed by atoms with E-state index in [4.69, 9.17) is 32.7 Å². The number of fused-ring (bicyclic) bond motifs is 2. The quantitative estimate of drug-likeness (QED) is 0.349. The molecule has 0 aliphatic carbocycles. The van der Waals surface area contributed by atoms with Gasteiger partial charge in [0.25, 0.3) is 0 Å². The summed E-state index contributed by atoms with van der Waals surface area (Å²) >= 11 is 16.3. The van der Waals surface area contributed by atoms with Crippen molar-refractivity contribution in [2.24, 2.45) is 0 Å². The van der Waals surface area contributed by atoms with E-state index in [9.17, 15) is 9.59 Å². The van der Waals surface area contributed by atoms with E-state index in [1.165, 1.54) is 0 Å². The molecule has 0 bridgehead atoms. The van der Waals surface area contributed by atoms with E-state index >= 15 is 0 Å². The summed E-state index contributed by atoms with van der Waals surface area (Å²) in [5, 5.41) is 7.30. The van der Waals surface area contributed by atoms with Crippen LogP contribution in [0.5, 0.6) is 5.75 Å². The van der Waals surface area contributed by atoms with Crippen molar-refractivity contribution in [3.8, 4) is 5.75 Å². The van der Waals surface area contributed by atoms with E-state index in [-0.39, 0.29) is 24.3 Å². The van der Waals surface area contributed by atoms with Gasteiger partial charge in [0.1, 0.15) is 17.3 Å². The molecular formula is C29H25BrCl2N2O4. The van der Waals surface area contributed by atoms with Crippen LogP contribution in [0, 0.1) is 0 Å². The van der Waals surface area contributed by atoms with Crippen LogP contribution in [0.4, 0.5) is 5.69 Å². The Morgan fingerprint density at radius 2 is 1.76 bits per heavy atom. The van der Waals surface area contributed by atoms with Crippen LogP contribution in [0.1, 0.15) is 47.9 Å². The maximum absolute atomic E-state index is 14.3.